The van der Waals surface area contributed by atoms with E-state index < -0.39 is 0 Å². The summed E-state index contributed by atoms with van der Waals surface area (Å²) >= 11 is 0. The standard InChI is InChI=1S/C31H31FN2O3/c1-37-16-15-34-25-11-5-13-27(35)30(25)29(31-26(34)12-6-14-28(31)36)23-19-33(24-10-3-2-9-22(23)24)18-20-7-4-8-21(32)17-20/h2-4,7-10,17,19,29H,5-6,11-16,18H2,1H3. The third-order valence-corrected chi connectivity index (χ3v) is 7.98. The fourth-order valence-corrected chi connectivity index (χ4v) is 6.45. The van der Waals surface area contributed by atoms with Crippen LogP contribution in [0.5, 0.6) is 0 Å². The van der Waals surface area contributed by atoms with Gasteiger partial charge >= 0.3 is 0 Å². The first kappa shape index (κ1) is 23.9. The van der Waals surface area contributed by atoms with E-state index in [9.17, 15) is 14.0 Å². The van der Waals surface area contributed by atoms with Crippen LogP contribution in [0.3, 0.4) is 0 Å². The van der Waals surface area contributed by atoms with Crippen molar-refractivity contribution in [1.82, 2.24) is 9.47 Å². The number of carbonyl (C=O) groups is 2. The number of carbonyl (C=O) groups excluding carboxylic acids is 2. The van der Waals surface area contributed by atoms with Gasteiger partial charge in [-0.2, -0.15) is 0 Å². The molecule has 6 rings (SSSR count). The topological polar surface area (TPSA) is 51.5 Å². The lowest BCUT2D eigenvalue weighted by Crippen LogP contribution is -2.40. The Kier molecular flexibility index (Phi) is 6.29. The Morgan fingerprint density at radius 2 is 1.62 bits per heavy atom. The maximum atomic E-state index is 14.0. The van der Waals surface area contributed by atoms with E-state index in [1.54, 1.807) is 19.2 Å². The monoisotopic (exact) mass is 498 g/mol. The summed E-state index contributed by atoms with van der Waals surface area (Å²) < 4.78 is 21.5. The summed E-state index contributed by atoms with van der Waals surface area (Å²) in [5.74, 6) is -0.355. The van der Waals surface area contributed by atoms with E-state index in [2.05, 4.69) is 27.8 Å². The highest BCUT2D eigenvalue weighted by Crippen LogP contribution is 2.50. The minimum atomic E-state index is -0.372. The molecule has 190 valence electrons. The van der Waals surface area contributed by atoms with Crippen LogP contribution in [-0.2, 0) is 20.9 Å². The van der Waals surface area contributed by atoms with Crippen molar-refractivity contribution in [2.45, 2.75) is 51.0 Å². The van der Waals surface area contributed by atoms with Crippen LogP contribution in [-0.4, -0.2) is 41.3 Å². The molecule has 0 spiro atoms. The molecule has 2 aliphatic carbocycles. The van der Waals surface area contributed by atoms with Crippen molar-refractivity contribution in [2.75, 3.05) is 20.3 Å². The Labute approximate surface area is 216 Å². The molecule has 2 heterocycles. The number of para-hydroxylation sites is 1. The fraction of sp³-hybridized carbons (Fsp3) is 0.355. The molecule has 0 fully saturated rings. The molecule has 0 radical (unpaired) electrons. The molecule has 5 nitrogen and oxygen atoms in total. The number of nitrogens with zero attached hydrogens (tertiary/aromatic N) is 2. The molecule has 0 bridgehead atoms. The zero-order valence-electron chi connectivity index (χ0n) is 21.1. The molecule has 0 saturated heterocycles. The average molecular weight is 499 g/mol. The molecule has 0 atom stereocenters. The molecule has 2 aromatic carbocycles. The number of rotatable bonds is 6. The second kappa shape index (κ2) is 9.75. The number of Topliss-reactive ketones (excluding diaryl/α,β-unsaturated/α-hetero) is 2. The molecule has 37 heavy (non-hydrogen) atoms. The van der Waals surface area contributed by atoms with E-state index in [0.717, 1.165) is 70.3 Å². The highest BCUT2D eigenvalue weighted by molar-refractivity contribution is 6.07. The van der Waals surface area contributed by atoms with Gasteiger partial charge in [0.25, 0.3) is 0 Å². The second-order valence-corrected chi connectivity index (χ2v) is 10.2. The largest absolute Gasteiger partial charge is 0.383 e. The van der Waals surface area contributed by atoms with Gasteiger partial charge in [0.1, 0.15) is 5.82 Å². The van der Waals surface area contributed by atoms with Crippen LogP contribution in [0.2, 0.25) is 0 Å². The number of ketones is 2. The Bertz CT molecular complexity index is 1420. The normalized spacial score (nSPS) is 18.6. The van der Waals surface area contributed by atoms with Crippen LogP contribution in [0.25, 0.3) is 10.9 Å². The quantitative estimate of drug-likeness (QED) is 0.425. The van der Waals surface area contributed by atoms with E-state index in [0.29, 0.717) is 32.5 Å². The Hall–Kier alpha value is -3.51. The van der Waals surface area contributed by atoms with Crippen molar-refractivity contribution in [3.8, 4) is 0 Å². The smallest absolute Gasteiger partial charge is 0.161 e. The van der Waals surface area contributed by atoms with Gasteiger partial charge in [-0.3, -0.25) is 9.59 Å². The predicted octanol–water partition coefficient (Wildman–Crippen LogP) is 5.89. The van der Waals surface area contributed by atoms with Gasteiger partial charge in [0.05, 0.1) is 6.61 Å². The van der Waals surface area contributed by atoms with Gasteiger partial charge < -0.3 is 14.2 Å². The molecule has 1 aromatic heterocycles. The van der Waals surface area contributed by atoms with Crippen molar-refractivity contribution in [1.29, 1.82) is 0 Å². The van der Waals surface area contributed by atoms with Crippen LogP contribution in [0.1, 0.15) is 55.6 Å². The molecule has 3 aliphatic rings. The third-order valence-electron chi connectivity index (χ3n) is 7.98. The van der Waals surface area contributed by atoms with E-state index >= 15 is 0 Å². The Balaban J connectivity index is 1.56. The van der Waals surface area contributed by atoms with Crippen LogP contribution >= 0.6 is 0 Å². The molecule has 6 heteroatoms. The summed E-state index contributed by atoms with van der Waals surface area (Å²) in [4.78, 5) is 29.4. The Morgan fingerprint density at radius 3 is 2.30 bits per heavy atom. The number of ether oxygens (including phenoxy) is 1. The van der Waals surface area contributed by atoms with Gasteiger partial charge in [0.2, 0.25) is 0 Å². The number of aromatic nitrogens is 1. The van der Waals surface area contributed by atoms with Gasteiger partial charge in [-0.05, 0) is 55.0 Å². The minimum absolute atomic E-state index is 0.139. The minimum Gasteiger partial charge on any atom is -0.383 e. The number of benzene rings is 2. The second-order valence-electron chi connectivity index (χ2n) is 10.2. The lowest BCUT2D eigenvalue weighted by molar-refractivity contribution is -0.117. The molecule has 0 unspecified atom stereocenters. The van der Waals surface area contributed by atoms with Crippen molar-refractivity contribution < 1.29 is 18.7 Å². The van der Waals surface area contributed by atoms with Crippen LogP contribution in [0.4, 0.5) is 4.39 Å². The number of methoxy groups -OCH3 is 1. The fourth-order valence-electron chi connectivity index (χ4n) is 6.45. The molecule has 3 aromatic rings. The number of allylic oxidation sites excluding steroid dienone is 4. The molecule has 0 N–H and O–H groups in total. The van der Waals surface area contributed by atoms with Gasteiger partial charge in [0.15, 0.2) is 11.6 Å². The maximum absolute atomic E-state index is 14.0. The number of hydrogen-bond acceptors (Lipinski definition) is 4. The molecular weight excluding hydrogens is 467 g/mol. The van der Waals surface area contributed by atoms with Crippen molar-refractivity contribution in [2.24, 2.45) is 0 Å². The lowest BCUT2D eigenvalue weighted by Gasteiger charge is -2.43. The van der Waals surface area contributed by atoms with E-state index in [1.165, 1.54) is 6.07 Å². The first-order valence-corrected chi connectivity index (χ1v) is 13.2. The molecular formula is C31H31FN2O3. The summed E-state index contributed by atoms with van der Waals surface area (Å²) in [7, 11) is 1.68. The summed E-state index contributed by atoms with van der Waals surface area (Å²) in [5.41, 5.74) is 6.56. The van der Waals surface area contributed by atoms with E-state index in [4.69, 9.17) is 4.74 Å². The van der Waals surface area contributed by atoms with Crippen molar-refractivity contribution in [3.05, 3.63) is 94.2 Å². The van der Waals surface area contributed by atoms with Gasteiger partial charge in [0, 0.05) is 78.6 Å². The summed E-state index contributed by atoms with van der Waals surface area (Å²) in [5, 5.41) is 1.03. The zero-order chi connectivity index (χ0) is 25.5. The van der Waals surface area contributed by atoms with Crippen LogP contribution in [0.15, 0.2) is 77.3 Å². The number of fused-ring (bicyclic) bond motifs is 1. The van der Waals surface area contributed by atoms with E-state index in [1.807, 2.05) is 18.2 Å². The summed E-state index contributed by atoms with van der Waals surface area (Å²) in [6, 6.07) is 14.8. The van der Waals surface area contributed by atoms with Crippen LogP contribution in [0, 0.1) is 5.82 Å². The molecule has 0 saturated carbocycles. The van der Waals surface area contributed by atoms with Crippen molar-refractivity contribution >= 4 is 22.5 Å². The predicted molar refractivity (Wildman–Crippen MR) is 141 cm³/mol. The van der Waals surface area contributed by atoms with Gasteiger partial charge in [-0.25, -0.2) is 4.39 Å². The Morgan fingerprint density at radius 1 is 0.919 bits per heavy atom. The average Bonchev–Trinajstić information content (AvgIpc) is 3.25. The van der Waals surface area contributed by atoms with Crippen molar-refractivity contribution in [3.63, 3.8) is 0 Å². The lowest BCUT2D eigenvalue weighted by atomic mass is 9.71. The summed E-state index contributed by atoms with van der Waals surface area (Å²) in [6.45, 7) is 1.68. The summed E-state index contributed by atoms with van der Waals surface area (Å²) in [6.07, 6.45) is 6.41. The maximum Gasteiger partial charge on any atom is 0.161 e. The SMILES string of the molecule is COCCN1C2=C(C(=O)CCC2)C(c2cn(Cc3cccc(F)c3)c3ccccc23)C2=C1CCCC2=O. The first-order valence-electron chi connectivity index (χ1n) is 13.2. The van der Waals surface area contributed by atoms with E-state index in [-0.39, 0.29) is 23.3 Å². The zero-order valence-corrected chi connectivity index (χ0v) is 21.1. The third kappa shape index (κ3) is 4.13. The van der Waals surface area contributed by atoms with Gasteiger partial charge in [-0.15, -0.1) is 0 Å². The number of hydrogen-bond donors (Lipinski definition) is 0. The highest BCUT2D eigenvalue weighted by Gasteiger charge is 2.44. The van der Waals surface area contributed by atoms with Crippen LogP contribution < -0.4 is 0 Å². The molecule has 0 amide bonds. The highest BCUT2D eigenvalue weighted by atomic mass is 19.1. The first-order chi connectivity index (χ1) is 18.1. The van der Waals surface area contributed by atoms with Gasteiger partial charge in [-0.1, -0.05) is 30.3 Å². The number of halogens is 1. The molecule has 1 aliphatic heterocycles.